The number of aromatic amines is 1. The van der Waals surface area contributed by atoms with E-state index in [1.165, 1.54) is 6.21 Å². The number of H-pyrrole nitrogens is 1. The highest BCUT2D eigenvalue weighted by molar-refractivity contribution is 5.96. The summed E-state index contributed by atoms with van der Waals surface area (Å²) in [6.45, 7) is 5.80. The Morgan fingerprint density at radius 1 is 1.04 bits per heavy atom. The van der Waals surface area contributed by atoms with Gasteiger partial charge in [-0.2, -0.15) is 0 Å². The van der Waals surface area contributed by atoms with E-state index < -0.39 is 0 Å². The minimum absolute atomic E-state index is 0.0421. The predicted octanol–water partition coefficient (Wildman–Crippen LogP) is 4.12. The van der Waals surface area contributed by atoms with Crippen molar-refractivity contribution in [1.29, 1.82) is 0 Å². The fourth-order valence-electron chi connectivity index (χ4n) is 2.48. The minimum Gasteiger partial charge on any atom is -0.506 e. The highest BCUT2D eigenvalue weighted by Crippen LogP contribution is 2.29. The van der Waals surface area contributed by atoms with Crippen molar-refractivity contribution in [2.45, 2.75) is 26.3 Å². The number of hydrogen-bond donors (Lipinski definition) is 2. The second-order valence-electron chi connectivity index (χ2n) is 6.77. The Balaban J connectivity index is 2.19. The van der Waals surface area contributed by atoms with E-state index in [2.05, 4.69) is 9.98 Å². The summed E-state index contributed by atoms with van der Waals surface area (Å²) in [5, 5.41) is 11.2. The molecule has 0 bridgehead atoms. The first-order valence-corrected chi connectivity index (χ1v) is 7.85. The maximum atomic E-state index is 12.2. The van der Waals surface area contributed by atoms with Gasteiger partial charge in [0.1, 0.15) is 5.75 Å². The Morgan fingerprint density at radius 2 is 1.75 bits per heavy atom. The molecule has 0 amide bonds. The summed E-state index contributed by atoms with van der Waals surface area (Å²) in [5.74, 6) is -0.0421. The summed E-state index contributed by atoms with van der Waals surface area (Å²) in [4.78, 5) is 19.4. The van der Waals surface area contributed by atoms with Crippen LogP contribution in [0, 0.1) is 0 Å². The Morgan fingerprint density at radius 3 is 2.42 bits per heavy atom. The van der Waals surface area contributed by atoms with Crippen molar-refractivity contribution in [3.8, 4) is 16.9 Å². The molecule has 0 atom stereocenters. The van der Waals surface area contributed by atoms with Crippen LogP contribution in [0.15, 0.2) is 58.3 Å². The van der Waals surface area contributed by atoms with E-state index in [1.54, 1.807) is 0 Å². The average molecular weight is 320 g/mol. The largest absolute Gasteiger partial charge is 0.506 e. The van der Waals surface area contributed by atoms with Gasteiger partial charge in [0, 0.05) is 11.6 Å². The Labute approximate surface area is 140 Å². The molecule has 24 heavy (non-hydrogen) atoms. The predicted molar refractivity (Wildman–Crippen MR) is 99.0 cm³/mol. The lowest BCUT2D eigenvalue weighted by atomic mass is 10.0. The number of aliphatic imine (C=N–C) groups is 1. The second-order valence-corrected chi connectivity index (χ2v) is 6.77. The molecule has 3 aromatic rings. The molecule has 1 heterocycles. The van der Waals surface area contributed by atoms with Crippen molar-refractivity contribution >= 4 is 17.1 Å². The maximum absolute atomic E-state index is 12.2. The quantitative estimate of drug-likeness (QED) is 0.698. The summed E-state index contributed by atoms with van der Waals surface area (Å²) in [7, 11) is 0. The zero-order chi connectivity index (χ0) is 17.3. The standard InChI is InChI=1S/C20H20N2O2/c1-20(2,3)21-12-16-18(23)15-11-14(13-7-5-4-6-8-13)9-10-17(15)22-19(16)24/h4-12H,1-3H3,(H2,22,23,24). The number of benzene rings is 2. The molecular weight excluding hydrogens is 300 g/mol. The number of aromatic hydroxyl groups is 1. The minimum atomic E-state index is -0.347. The van der Waals surface area contributed by atoms with Gasteiger partial charge in [-0.15, -0.1) is 0 Å². The van der Waals surface area contributed by atoms with Gasteiger partial charge < -0.3 is 10.1 Å². The molecule has 0 radical (unpaired) electrons. The van der Waals surface area contributed by atoms with Crippen LogP contribution < -0.4 is 5.56 Å². The van der Waals surface area contributed by atoms with Gasteiger partial charge in [-0.1, -0.05) is 36.4 Å². The van der Waals surface area contributed by atoms with Crippen LogP contribution in [-0.2, 0) is 0 Å². The fraction of sp³-hybridized carbons (Fsp3) is 0.200. The van der Waals surface area contributed by atoms with Crippen LogP contribution in [0.1, 0.15) is 26.3 Å². The van der Waals surface area contributed by atoms with Gasteiger partial charge in [-0.05, 0) is 44.0 Å². The summed E-state index contributed by atoms with van der Waals surface area (Å²) >= 11 is 0. The molecule has 1 aromatic heterocycles. The molecule has 2 N–H and O–H groups in total. The number of aromatic nitrogens is 1. The molecule has 0 saturated heterocycles. The van der Waals surface area contributed by atoms with E-state index in [4.69, 9.17) is 0 Å². The molecule has 0 spiro atoms. The van der Waals surface area contributed by atoms with Gasteiger partial charge in [0.25, 0.3) is 5.56 Å². The average Bonchev–Trinajstić information content (AvgIpc) is 2.54. The van der Waals surface area contributed by atoms with Crippen LogP contribution in [0.3, 0.4) is 0 Å². The molecule has 0 fully saturated rings. The summed E-state index contributed by atoms with van der Waals surface area (Å²) in [6, 6.07) is 15.5. The molecule has 3 rings (SSSR count). The molecule has 4 nitrogen and oxygen atoms in total. The van der Waals surface area contributed by atoms with E-state index in [1.807, 2.05) is 69.3 Å². The molecular formula is C20H20N2O2. The molecule has 0 unspecified atom stereocenters. The smallest absolute Gasteiger partial charge is 0.261 e. The Bertz CT molecular complexity index is 965. The van der Waals surface area contributed by atoms with Crippen LogP contribution in [0.2, 0.25) is 0 Å². The molecule has 4 heteroatoms. The highest BCUT2D eigenvalue weighted by atomic mass is 16.3. The van der Waals surface area contributed by atoms with Crippen molar-refractivity contribution in [1.82, 2.24) is 4.98 Å². The third kappa shape index (κ3) is 3.23. The zero-order valence-electron chi connectivity index (χ0n) is 14.0. The first-order chi connectivity index (χ1) is 11.3. The Kier molecular flexibility index (Phi) is 3.97. The van der Waals surface area contributed by atoms with Gasteiger partial charge in [-0.25, -0.2) is 0 Å². The van der Waals surface area contributed by atoms with E-state index in [-0.39, 0.29) is 22.4 Å². The van der Waals surface area contributed by atoms with Crippen molar-refractivity contribution in [2.75, 3.05) is 0 Å². The third-order valence-corrected chi connectivity index (χ3v) is 3.71. The lowest BCUT2D eigenvalue weighted by Gasteiger charge is -2.11. The summed E-state index contributed by atoms with van der Waals surface area (Å²) < 4.78 is 0. The first kappa shape index (κ1) is 16.0. The van der Waals surface area contributed by atoms with E-state index in [9.17, 15) is 9.90 Å². The normalized spacial score (nSPS) is 12.1. The van der Waals surface area contributed by atoms with Crippen molar-refractivity contribution in [3.63, 3.8) is 0 Å². The summed E-state index contributed by atoms with van der Waals surface area (Å²) in [5.41, 5.74) is 2.15. The second kappa shape index (κ2) is 5.96. The number of fused-ring (bicyclic) bond motifs is 1. The lowest BCUT2D eigenvalue weighted by Crippen LogP contribution is -2.15. The number of rotatable bonds is 2. The van der Waals surface area contributed by atoms with Crippen molar-refractivity contribution in [3.05, 3.63) is 64.4 Å². The van der Waals surface area contributed by atoms with Crippen LogP contribution in [-0.4, -0.2) is 21.8 Å². The Hall–Kier alpha value is -2.88. The van der Waals surface area contributed by atoms with Gasteiger partial charge in [-0.3, -0.25) is 9.79 Å². The fourth-order valence-corrected chi connectivity index (χ4v) is 2.48. The number of nitrogens with zero attached hydrogens (tertiary/aromatic N) is 1. The summed E-state index contributed by atoms with van der Waals surface area (Å²) in [6.07, 6.45) is 1.45. The first-order valence-electron chi connectivity index (χ1n) is 7.85. The zero-order valence-corrected chi connectivity index (χ0v) is 14.0. The third-order valence-electron chi connectivity index (χ3n) is 3.71. The van der Waals surface area contributed by atoms with Crippen molar-refractivity contribution in [2.24, 2.45) is 4.99 Å². The molecule has 2 aromatic carbocycles. The number of hydrogen-bond acceptors (Lipinski definition) is 3. The van der Waals surface area contributed by atoms with Crippen LogP contribution >= 0.6 is 0 Å². The molecule has 0 aliphatic carbocycles. The van der Waals surface area contributed by atoms with E-state index in [0.717, 1.165) is 11.1 Å². The SMILES string of the molecule is CC(C)(C)N=Cc1c(O)c2cc(-c3ccccc3)ccc2[nH]c1=O. The monoisotopic (exact) mass is 320 g/mol. The maximum Gasteiger partial charge on any atom is 0.261 e. The van der Waals surface area contributed by atoms with Gasteiger partial charge in [0.15, 0.2) is 0 Å². The lowest BCUT2D eigenvalue weighted by molar-refractivity contribution is 0.479. The van der Waals surface area contributed by atoms with Gasteiger partial charge in [0.2, 0.25) is 0 Å². The molecule has 0 saturated carbocycles. The van der Waals surface area contributed by atoms with Crippen LogP contribution in [0.25, 0.3) is 22.0 Å². The molecule has 0 aliphatic rings. The van der Waals surface area contributed by atoms with Crippen molar-refractivity contribution < 1.29 is 5.11 Å². The topological polar surface area (TPSA) is 65.5 Å². The van der Waals surface area contributed by atoms with E-state index in [0.29, 0.717) is 10.9 Å². The van der Waals surface area contributed by atoms with Crippen LogP contribution in [0.5, 0.6) is 5.75 Å². The number of pyridine rings is 1. The van der Waals surface area contributed by atoms with Gasteiger partial charge in [0.05, 0.1) is 16.6 Å². The van der Waals surface area contributed by atoms with E-state index >= 15 is 0 Å². The number of nitrogens with one attached hydrogen (secondary N) is 1. The van der Waals surface area contributed by atoms with Gasteiger partial charge >= 0.3 is 0 Å². The molecule has 0 aliphatic heterocycles. The molecule has 122 valence electrons. The van der Waals surface area contributed by atoms with Crippen LogP contribution in [0.4, 0.5) is 0 Å². The highest BCUT2D eigenvalue weighted by Gasteiger charge is 2.13.